The zero-order valence-electron chi connectivity index (χ0n) is 11.5. The van der Waals surface area contributed by atoms with Crippen LogP contribution in [-0.2, 0) is 9.05 Å². The number of hydrogen-bond donors (Lipinski definition) is 1. The zero-order valence-corrected chi connectivity index (χ0v) is 13.9. The van der Waals surface area contributed by atoms with Gasteiger partial charge in [-0.3, -0.25) is 4.79 Å². The fourth-order valence-electron chi connectivity index (χ4n) is 1.65. The van der Waals surface area contributed by atoms with Crippen LogP contribution in [-0.4, -0.2) is 20.9 Å². The van der Waals surface area contributed by atoms with Gasteiger partial charge in [-0.15, -0.1) is 0 Å². The largest absolute Gasteiger partial charge is 0.352 e. The van der Waals surface area contributed by atoms with E-state index in [1.165, 1.54) is 19.1 Å². The van der Waals surface area contributed by atoms with Gasteiger partial charge in [0.05, 0.1) is 4.90 Å². The van der Waals surface area contributed by atoms with Crippen molar-refractivity contribution >= 4 is 37.2 Å². The summed E-state index contributed by atoms with van der Waals surface area (Å²) in [5.74, 6) is -0.0125. The standard InChI is InChI=1S/C13H17Cl2NO3S/c1-4-8(2)7-16-13(17)11-5-10(14)6-12(9(11)3)20(15,18)19/h5-6,8H,4,7H2,1-3H3,(H,16,17). The van der Waals surface area contributed by atoms with Crippen LogP contribution in [0.3, 0.4) is 0 Å². The lowest BCUT2D eigenvalue weighted by Gasteiger charge is -2.13. The number of amides is 1. The van der Waals surface area contributed by atoms with E-state index in [2.05, 4.69) is 5.32 Å². The van der Waals surface area contributed by atoms with Crippen LogP contribution in [0.25, 0.3) is 0 Å². The Labute approximate surface area is 128 Å². The van der Waals surface area contributed by atoms with Crippen molar-refractivity contribution in [3.8, 4) is 0 Å². The van der Waals surface area contributed by atoms with Crippen molar-refractivity contribution in [2.45, 2.75) is 32.1 Å². The molecule has 0 aliphatic rings. The van der Waals surface area contributed by atoms with Gasteiger partial charge in [-0.05, 0) is 30.5 Å². The molecule has 112 valence electrons. The summed E-state index contributed by atoms with van der Waals surface area (Å²) in [4.78, 5) is 12.0. The highest BCUT2D eigenvalue weighted by Crippen LogP contribution is 2.27. The van der Waals surface area contributed by atoms with Gasteiger partial charge in [0.15, 0.2) is 0 Å². The third kappa shape index (κ3) is 4.36. The molecule has 7 heteroatoms. The van der Waals surface area contributed by atoms with E-state index >= 15 is 0 Å². The molecule has 0 spiro atoms. The minimum atomic E-state index is -3.94. The van der Waals surface area contributed by atoms with E-state index in [-0.39, 0.29) is 21.4 Å². The van der Waals surface area contributed by atoms with Gasteiger partial charge < -0.3 is 5.32 Å². The highest BCUT2D eigenvalue weighted by Gasteiger charge is 2.20. The SMILES string of the molecule is CCC(C)CNC(=O)c1cc(Cl)cc(S(=O)(=O)Cl)c1C. The van der Waals surface area contributed by atoms with E-state index in [9.17, 15) is 13.2 Å². The van der Waals surface area contributed by atoms with Crippen LogP contribution in [0.15, 0.2) is 17.0 Å². The Morgan fingerprint density at radius 1 is 1.40 bits per heavy atom. The quantitative estimate of drug-likeness (QED) is 0.838. The summed E-state index contributed by atoms with van der Waals surface area (Å²) in [6, 6.07) is 2.68. The molecule has 0 saturated carbocycles. The number of nitrogens with one attached hydrogen (secondary N) is 1. The number of rotatable bonds is 5. The first kappa shape index (κ1) is 17.3. The highest BCUT2D eigenvalue weighted by atomic mass is 35.7. The molecule has 20 heavy (non-hydrogen) atoms. The van der Waals surface area contributed by atoms with Crippen molar-refractivity contribution in [3.63, 3.8) is 0 Å². The molecule has 0 fully saturated rings. The first-order valence-electron chi connectivity index (χ1n) is 6.19. The van der Waals surface area contributed by atoms with Gasteiger partial charge in [0, 0.05) is 27.8 Å². The van der Waals surface area contributed by atoms with Crippen LogP contribution >= 0.6 is 22.3 Å². The smallest absolute Gasteiger partial charge is 0.261 e. The lowest BCUT2D eigenvalue weighted by molar-refractivity contribution is 0.0947. The maximum Gasteiger partial charge on any atom is 0.261 e. The highest BCUT2D eigenvalue weighted by molar-refractivity contribution is 8.13. The van der Waals surface area contributed by atoms with Crippen molar-refractivity contribution in [2.24, 2.45) is 5.92 Å². The third-order valence-corrected chi connectivity index (χ3v) is 4.81. The van der Waals surface area contributed by atoms with Crippen molar-refractivity contribution < 1.29 is 13.2 Å². The van der Waals surface area contributed by atoms with Crippen molar-refractivity contribution in [2.75, 3.05) is 6.54 Å². The molecule has 0 aliphatic heterocycles. The van der Waals surface area contributed by atoms with Crippen LogP contribution < -0.4 is 5.32 Å². The van der Waals surface area contributed by atoms with Gasteiger partial charge in [0.25, 0.3) is 15.0 Å². The molecule has 1 N–H and O–H groups in total. The second-order valence-electron chi connectivity index (χ2n) is 4.74. The molecule has 1 amide bonds. The first-order chi connectivity index (χ1) is 9.16. The fraction of sp³-hybridized carbons (Fsp3) is 0.462. The molecule has 1 aromatic carbocycles. The molecule has 0 aliphatic carbocycles. The summed E-state index contributed by atoms with van der Waals surface area (Å²) in [7, 11) is 1.40. The number of halogens is 2. The van der Waals surface area contributed by atoms with E-state index in [1.807, 2.05) is 13.8 Å². The van der Waals surface area contributed by atoms with Gasteiger partial charge in [-0.2, -0.15) is 0 Å². The number of carbonyl (C=O) groups excluding carboxylic acids is 1. The minimum absolute atomic E-state index is 0.139. The number of carbonyl (C=O) groups is 1. The molecule has 1 aromatic rings. The molecule has 1 atom stereocenters. The maximum absolute atomic E-state index is 12.1. The lowest BCUT2D eigenvalue weighted by Crippen LogP contribution is -2.28. The molecule has 0 heterocycles. The minimum Gasteiger partial charge on any atom is -0.352 e. The lowest BCUT2D eigenvalue weighted by atomic mass is 10.1. The van der Waals surface area contributed by atoms with Crippen molar-refractivity contribution in [1.82, 2.24) is 5.32 Å². The summed E-state index contributed by atoms with van der Waals surface area (Å²) in [5.41, 5.74) is 0.520. The average molecular weight is 338 g/mol. The first-order valence-corrected chi connectivity index (χ1v) is 8.88. The van der Waals surface area contributed by atoms with E-state index in [0.29, 0.717) is 18.0 Å². The molecule has 0 radical (unpaired) electrons. The normalized spacial score (nSPS) is 13.1. The summed E-state index contributed by atoms with van der Waals surface area (Å²) >= 11 is 5.86. The van der Waals surface area contributed by atoms with Gasteiger partial charge in [-0.1, -0.05) is 31.9 Å². The molecule has 0 bridgehead atoms. The van der Waals surface area contributed by atoms with Crippen LogP contribution in [0.5, 0.6) is 0 Å². The molecule has 1 unspecified atom stereocenters. The molecule has 4 nitrogen and oxygen atoms in total. The van der Waals surface area contributed by atoms with Crippen molar-refractivity contribution in [1.29, 1.82) is 0 Å². The van der Waals surface area contributed by atoms with E-state index in [1.54, 1.807) is 0 Å². The second-order valence-corrected chi connectivity index (χ2v) is 7.71. The Kier molecular flexibility index (Phi) is 5.86. The summed E-state index contributed by atoms with van der Waals surface area (Å²) in [6.45, 7) is 6.09. The predicted molar refractivity (Wildman–Crippen MR) is 81.0 cm³/mol. The predicted octanol–water partition coefficient (Wildman–Crippen LogP) is 3.35. The molecule has 0 saturated heterocycles. The molecule has 0 aromatic heterocycles. The number of hydrogen-bond acceptors (Lipinski definition) is 3. The van der Waals surface area contributed by atoms with Crippen LogP contribution in [0.2, 0.25) is 5.02 Å². The van der Waals surface area contributed by atoms with Gasteiger partial charge in [-0.25, -0.2) is 8.42 Å². The van der Waals surface area contributed by atoms with E-state index in [0.717, 1.165) is 6.42 Å². The zero-order chi connectivity index (χ0) is 15.5. The van der Waals surface area contributed by atoms with Crippen LogP contribution in [0.1, 0.15) is 36.2 Å². The second kappa shape index (κ2) is 6.78. The Balaban J connectivity index is 3.13. The van der Waals surface area contributed by atoms with Gasteiger partial charge in [0.2, 0.25) is 0 Å². The summed E-state index contributed by atoms with van der Waals surface area (Å²) in [5, 5.41) is 2.92. The summed E-state index contributed by atoms with van der Waals surface area (Å²) < 4.78 is 22.9. The third-order valence-electron chi connectivity index (χ3n) is 3.14. The van der Waals surface area contributed by atoms with E-state index in [4.69, 9.17) is 22.3 Å². The van der Waals surface area contributed by atoms with Crippen LogP contribution in [0.4, 0.5) is 0 Å². The fourth-order valence-corrected chi connectivity index (χ4v) is 3.16. The van der Waals surface area contributed by atoms with Crippen molar-refractivity contribution in [3.05, 3.63) is 28.3 Å². The molecular formula is C13H17Cl2NO3S. The summed E-state index contributed by atoms with van der Waals surface area (Å²) in [6.07, 6.45) is 0.941. The topological polar surface area (TPSA) is 63.2 Å². The molecule has 1 rings (SSSR count). The van der Waals surface area contributed by atoms with E-state index < -0.39 is 9.05 Å². The Morgan fingerprint density at radius 3 is 2.50 bits per heavy atom. The Morgan fingerprint density at radius 2 is 2.00 bits per heavy atom. The van der Waals surface area contributed by atoms with Crippen LogP contribution in [0, 0.1) is 12.8 Å². The monoisotopic (exact) mass is 337 g/mol. The molecular weight excluding hydrogens is 321 g/mol. The number of benzene rings is 1. The average Bonchev–Trinajstić information content (AvgIpc) is 2.36. The Hall–Kier alpha value is -0.780. The maximum atomic E-state index is 12.1. The van der Waals surface area contributed by atoms with Gasteiger partial charge in [0.1, 0.15) is 0 Å². The Bertz CT molecular complexity index is 614. The van der Waals surface area contributed by atoms with Gasteiger partial charge >= 0.3 is 0 Å².